The monoisotopic (exact) mass is 312 g/mol. The molecule has 2 aromatic rings. The van der Waals surface area contributed by atoms with Crippen molar-refractivity contribution < 1.29 is 28.5 Å². The van der Waals surface area contributed by atoms with Gasteiger partial charge in [0.1, 0.15) is 17.1 Å². The predicted octanol–water partition coefficient (Wildman–Crippen LogP) is 3.76. The number of halogens is 3. The van der Waals surface area contributed by atoms with Crippen molar-refractivity contribution in [3.8, 4) is 11.5 Å². The molecule has 0 saturated carbocycles. The average Bonchev–Trinajstić information content (AvgIpc) is 2.45. The molecule has 3 nitrogen and oxygen atoms in total. The van der Waals surface area contributed by atoms with Crippen molar-refractivity contribution in [2.45, 2.75) is 25.1 Å². The van der Waals surface area contributed by atoms with Crippen molar-refractivity contribution >= 4 is 0 Å². The number of phenolic OH excluding ortho intramolecular Hbond substituents is 2. The molecule has 0 aliphatic carbocycles. The van der Waals surface area contributed by atoms with E-state index in [1.165, 1.54) is 24.3 Å². The molecule has 0 radical (unpaired) electrons. The summed E-state index contributed by atoms with van der Waals surface area (Å²) in [6.45, 7) is 1.64. The molecule has 118 valence electrons. The van der Waals surface area contributed by atoms with Gasteiger partial charge in [0.15, 0.2) is 0 Å². The minimum absolute atomic E-state index is 0.118. The summed E-state index contributed by atoms with van der Waals surface area (Å²) in [6, 6.07) is 7.82. The molecule has 0 spiro atoms. The molecule has 0 saturated heterocycles. The molecule has 1 atom stereocenters. The number of alkyl halides is 3. The van der Waals surface area contributed by atoms with E-state index in [4.69, 9.17) is 0 Å². The first-order chi connectivity index (χ1) is 10.2. The Morgan fingerprint density at radius 1 is 0.909 bits per heavy atom. The van der Waals surface area contributed by atoms with E-state index in [1.54, 1.807) is 6.92 Å². The van der Waals surface area contributed by atoms with Crippen molar-refractivity contribution in [1.29, 1.82) is 0 Å². The molecule has 0 aliphatic heterocycles. The van der Waals surface area contributed by atoms with E-state index in [2.05, 4.69) is 0 Å². The first-order valence-corrected chi connectivity index (χ1v) is 6.61. The quantitative estimate of drug-likeness (QED) is 0.808. The minimum Gasteiger partial charge on any atom is -0.508 e. The standard InChI is InChI=1S/C16H15F3O3/c1-2-15(22,13-8-7-12(20)9-14(13)21)10-3-5-11(6-4-10)16(17,18)19/h3-9,20-22H,2H2,1H3. The molecule has 2 aromatic carbocycles. The number of hydrogen-bond acceptors (Lipinski definition) is 3. The lowest BCUT2D eigenvalue weighted by Gasteiger charge is -2.29. The molecule has 0 bridgehead atoms. The van der Waals surface area contributed by atoms with Gasteiger partial charge in [0.2, 0.25) is 0 Å². The Labute approximate surface area is 125 Å². The number of rotatable bonds is 3. The smallest absolute Gasteiger partial charge is 0.416 e. The Bertz CT molecular complexity index is 665. The lowest BCUT2D eigenvalue weighted by atomic mass is 9.83. The highest BCUT2D eigenvalue weighted by molar-refractivity contribution is 5.47. The highest BCUT2D eigenvalue weighted by Crippen LogP contribution is 2.40. The molecular weight excluding hydrogens is 297 g/mol. The van der Waals surface area contributed by atoms with Crippen LogP contribution in [0, 0.1) is 0 Å². The summed E-state index contributed by atoms with van der Waals surface area (Å²) in [5.74, 6) is -0.503. The van der Waals surface area contributed by atoms with E-state index in [0.717, 1.165) is 18.2 Å². The van der Waals surface area contributed by atoms with Crippen LogP contribution in [0.4, 0.5) is 13.2 Å². The third-order valence-corrected chi connectivity index (χ3v) is 3.63. The third kappa shape index (κ3) is 2.87. The maximum absolute atomic E-state index is 12.6. The fourth-order valence-corrected chi connectivity index (χ4v) is 2.35. The van der Waals surface area contributed by atoms with Gasteiger partial charge in [-0.15, -0.1) is 0 Å². The van der Waals surface area contributed by atoms with Gasteiger partial charge in [0, 0.05) is 11.6 Å². The first-order valence-electron chi connectivity index (χ1n) is 6.61. The predicted molar refractivity (Wildman–Crippen MR) is 74.5 cm³/mol. The van der Waals surface area contributed by atoms with Gasteiger partial charge in [-0.2, -0.15) is 13.2 Å². The third-order valence-electron chi connectivity index (χ3n) is 3.63. The number of phenols is 2. The van der Waals surface area contributed by atoms with Crippen LogP contribution in [0.25, 0.3) is 0 Å². The summed E-state index contributed by atoms with van der Waals surface area (Å²) in [5.41, 5.74) is -2.12. The molecular formula is C16H15F3O3. The van der Waals surface area contributed by atoms with Gasteiger partial charge in [-0.1, -0.05) is 19.1 Å². The van der Waals surface area contributed by atoms with Gasteiger partial charge in [-0.3, -0.25) is 0 Å². The topological polar surface area (TPSA) is 60.7 Å². The van der Waals surface area contributed by atoms with Crippen molar-refractivity contribution in [3.05, 3.63) is 59.2 Å². The number of aliphatic hydroxyl groups is 1. The van der Waals surface area contributed by atoms with Crippen molar-refractivity contribution in [2.24, 2.45) is 0 Å². The van der Waals surface area contributed by atoms with Gasteiger partial charge in [0.25, 0.3) is 0 Å². The second kappa shape index (κ2) is 5.53. The number of benzene rings is 2. The highest BCUT2D eigenvalue weighted by Gasteiger charge is 2.34. The lowest BCUT2D eigenvalue weighted by molar-refractivity contribution is -0.137. The fraction of sp³-hybridized carbons (Fsp3) is 0.250. The molecule has 0 aromatic heterocycles. The molecule has 3 N–H and O–H groups in total. The van der Waals surface area contributed by atoms with Crippen molar-refractivity contribution in [1.82, 2.24) is 0 Å². The summed E-state index contributed by atoms with van der Waals surface area (Å²) in [5, 5.41) is 30.0. The summed E-state index contributed by atoms with van der Waals surface area (Å²) in [6.07, 6.45) is -4.32. The molecule has 0 fully saturated rings. The van der Waals surface area contributed by atoms with E-state index in [1.807, 2.05) is 0 Å². The van der Waals surface area contributed by atoms with E-state index in [0.29, 0.717) is 0 Å². The van der Waals surface area contributed by atoms with E-state index < -0.39 is 17.3 Å². The maximum Gasteiger partial charge on any atom is 0.416 e. The van der Waals surface area contributed by atoms with Gasteiger partial charge in [-0.25, -0.2) is 0 Å². The molecule has 2 rings (SSSR count). The van der Waals surface area contributed by atoms with Crippen LogP contribution >= 0.6 is 0 Å². The summed E-state index contributed by atoms with van der Waals surface area (Å²) in [4.78, 5) is 0. The fourth-order valence-electron chi connectivity index (χ4n) is 2.35. The maximum atomic E-state index is 12.6. The van der Waals surface area contributed by atoms with E-state index in [-0.39, 0.29) is 29.0 Å². The van der Waals surface area contributed by atoms with Crippen LogP contribution in [0.15, 0.2) is 42.5 Å². The van der Waals surface area contributed by atoms with Gasteiger partial charge in [-0.05, 0) is 36.2 Å². The largest absolute Gasteiger partial charge is 0.508 e. The van der Waals surface area contributed by atoms with Crippen LogP contribution in [-0.2, 0) is 11.8 Å². The van der Waals surface area contributed by atoms with Crippen LogP contribution in [0.1, 0.15) is 30.0 Å². The Balaban J connectivity index is 2.50. The zero-order valence-electron chi connectivity index (χ0n) is 11.7. The molecule has 22 heavy (non-hydrogen) atoms. The Hall–Kier alpha value is -2.21. The van der Waals surface area contributed by atoms with Crippen LogP contribution in [0.2, 0.25) is 0 Å². The van der Waals surface area contributed by atoms with Crippen LogP contribution < -0.4 is 0 Å². The SMILES string of the molecule is CCC(O)(c1ccc(C(F)(F)F)cc1)c1ccc(O)cc1O. The average molecular weight is 312 g/mol. The van der Waals surface area contributed by atoms with E-state index in [9.17, 15) is 28.5 Å². The molecule has 6 heteroatoms. The minimum atomic E-state index is -4.45. The first kappa shape index (κ1) is 16.2. The van der Waals surface area contributed by atoms with Crippen LogP contribution in [0.5, 0.6) is 11.5 Å². The van der Waals surface area contributed by atoms with Crippen LogP contribution in [-0.4, -0.2) is 15.3 Å². The number of hydrogen-bond donors (Lipinski definition) is 3. The number of aromatic hydroxyl groups is 2. The molecule has 1 unspecified atom stereocenters. The van der Waals surface area contributed by atoms with Gasteiger partial charge >= 0.3 is 6.18 Å². The Morgan fingerprint density at radius 3 is 1.91 bits per heavy atom. The summed E-state index contributed by atoms with van der Waals surface area (Å²) >= 11 is 0. The van der Waals surface area contributed by atoms with Crippen molar-refractivity contribution in [3.63, 3.8) is 0 Å². The second-order valence-corrected chi connectivity index (χ2v) is 4.99. The Kier molecular flexibility index (Phi) is 4.06. The normalized spacial score (nSPS) is 14.6. The molecule has 0 amide bonds. The van der Waals surface area contributed by atoms with E-state index >= 15 is 0 Å². The summed E-state index contributed by atoms with van der Waals surface area (Å²) in [7, 11) is 0. The zero-order valence-corrected chi connectivity index (χ0v) is 11.7. The summed E-state index contributed by atoms with van der Waals surface area (Å²) < 4.78 is 37.8. The van der Waals surface area contributed by atoms with Gasteiger partial charge in [0.05, 0.1) is 5.56 Å². The second-order valence-electron chi connectivity index (χ2n) is 4.99. The lowest BCUT2D eigenvalue weighted by Crippen LogP contribution is -2.26. The van der Waals surface area contributed by atoms with Crippen LogP contribution in [0.3, 0.4) is 0 Å². The molecule has 0 heterocycles. The zero-order chi connectivity index (χ0) is 16.5. The Morgan fingerprint density at radius 2 is 1.45 bits per heavy atom. The highest BCUT2D eigenvalue weighted by atomic mass is 19.4. The van der Waals surface area contributed by atoms with Gasteiger partial charge < -0.3 is 15.3 Å². The van der Waals surface area contributed by atoms with Crippen molar-refractivity contribution in [2.75, 3.05) is 0 Å². The molecule has 0 aliphatic rings.